The Morgan fingerprint density at radius 2 is 1.81 bits per heavy atom. The summed E-state index contributed by atoms with van der Waals surface area (Å²) in [7, 11) is -3.46. The zero-order chi connectivity index (χ0) is 19.4. The molecule has 0 spiro atoms. The second-order valence-electron chi connectivity index (χ2n) is 6.66. The molecule has 3 rings (SSSR count). The Hall–Kier alpha value is -1.74. The van der Waals surface area contributed by atoms with E-state index in [4.69, 9.17) is 0 Å². The Balaban J connectivity index is 1.53. The van der Waals surface area contributed by atoms with Crippen molar-refractivity contribution in [2.75, 3.05) is 38.0 Å². The van der Waals surface area contributed by atoms with Crippen LogP contribution in [0.2, 0.25) is 0 Å². The molecule has 0 bridgehead atoms. The quantitative estimate of drug-likeness (QED) is 0.717. The molecule has 0 atom stereocenters. The van der Waals surface area contributed by atoms with Gasteiger partial charge in [-0.15, -0.1) is 0 Å². The van der Waals surface area contributed by atoms with E-state index in [2.05, 4.69) is 21.2 Å². The summed E-state index contributed by atoms with van der Waals surface area (Å²) in [4.78, 5) is 13.7. The number of nitrogens with one attached hydrogen (secondary N) is 2. The van der Waals surface area contributed by atoms with Crippen molar-refractivity contribution >= 4 is 37.5 Å². The first kappa shape index (κ1) is 20.0. The first-order chi connectivity index (χ1) is 12.9. The molecule has 1 aliphatic rings. The second-order valence-corrected chi connectivity index (χ2v) is 9.45. The Morgan fingerprint density at radius 1 is 1.15 bits per heavy atom. The molecule has 1 amide bonds. The average molecular weight is 453 g/mol. The number of quaternary nitrogens is 1. The number of piperazine rings is 1. The summed E-state index contributed by atoms with van der Waals surface area (Å²) < 4.78 is 27.8. The number of anilines is 1. The highest BCUT2D eigenvalue weighted by molar-refractivity contribution is 9.10. The maximum absolute atomic E-state index is 12.7. The van der Waals surface area contributed by atoms with Crippen molar-refractivity contribution in [1.82, 2.24) is 4.31 Å². The molecule has 27 heavy (non-hydrogen) atoms. The Labute approximate surface area is 168 Å². The van der Waals surface area contributed by atoms with Gasteiger partial charge in [-0.05, 0) is 42.8 Å². The van der Waals surface area contributed by atoms with Crippen LogP contribution in [0.5, 0.6) is 0 Å². The van der Waals surface area contributed by atoms with Crippen LogP contribution < -0.4 is 10.2 Å². The zero-order valence-corrected chi connectivity index (χ0v) is 17.5. The van der Waals surface area contributed by atoms with Gasteiger partial charge < -0.3 is 10.2 Å². The van der Waals surface area contributed by atoms with Crippen LogP contribution in [0, 0.1) is 6.92 Å². The molecule has 0 saturated carbocycles. The topological polar surface area (TPSA) is 70.9 Å². The van der Waals surface area contributed by atoms with Crippen molar-refractivity contribution in [3.05, 3.63) is 58.6 Å². The summed E-state index contributed by atoms with van der Waals surface area (Å²) in [5, 5.41) is 2.91. The molecular formula is C19H23BrN3O3S+. The maximum Gasteiger partial charge on any atom is 0.279 e. The van der Waals surface area contributed by atoms with Gasteiger partial charge in [0.1, 0.15) is 0 Å². The SMILES string of the molecule is Cc1cc(NC(=O)C[NH+]2CCN(S(=O)(=O)c3ccccc3)CC2)ccc1Br. The van der Waals surface area contributed by atoms with Gasteiger partial charge in [0.2, 0.25) is 10.0 Å². The van der Waals surface area contributed by atoms with Gasteiger partial charge in [0.25, 0.3) is 5.91 Å². The van der Waals surface area contributed by atoms with E-state index in [1.807, 2.05) is 25.1 Å². The van der Waals surface area contributed by atoms with E-state index in [9.17, 15) is 13.2 Å². The van der Waals surface area contributed by atoms with Crippen LogP contribution in [0.1, 0.15) is 5.56 Å². The second kappa shape index (κ2) is 8.52. The van der Waals surface area contributed by atoms with E-state index in [0.717, 1.165) is 20.6 Å². The smallest absolute Gasteiger partial charge is 0.279 e. The number of carbonyl (C=O) groups is 1. The third kappa shape index (κ3) is 4.95. The molecule has 144 valence electrons. The number of carbonyl (C=O) groups excluding carboxylic acids is 1. The summed E-state index contributed by atoms with van der Waals surface area (Å²) in [5.74, 6) is -0.0638. The van der Waals surface area contributed by atoms with Gasteiger partial charge in [-0.2, -0.15) is 4.31 Å². The molecule has 2 aromatic carbocycles. The van der Waals surface area contributed by atoms with Crippen molar-refractivity contribution in [3.63, 3.8) is 0 Å². The molecule has 0 unspecified atom stereocenters. The van der Waals surface area contributed by atoms with Crippen LogP contribution >= 0.6 is 15.9 Å². The lowest BCUT2D eigenvalue weighted by atomic mass is 10.2. The molecule has 1 fully saturated rings. The molecule has 2 aromatic rings. The number of hydrogen-bond acceptors (Lipinski definition) is 3. The van der Waals surface area contributed by atoms with Crippen LogP contribution in [-0.2, 0) is 14.8 Å². The number of amides is 1. The minimum Gasteiger partial charge on any atom is -0.325 e. The monoisotopic (exact) mass is 452 g/mol. The molecule has 0 aliphatic carbocycles. The zero-order valence-electron chi connectivity index (χ0n) is 15.1. The van der Waals surface area contributed by atoms with Gasteiger partial charge >= 0.3 is 0 Å². The van der Waals surface area contributed by atoms with Gasteiger partial charge in [0.15, 0.2) is 6.54 Å². The van der Waals surface area contributed by atoms with Crippen molar-refractivity contribution < 1.29 is 18.1 Å². The highest BCUT2D eigenvalue weighted by atomic mass is 79.9. The largest absolute Gasteiger partial charge is 0.325 e. The molecule has 8 heteroatoms. The Kier molecular flexibility index (Phi) is 6.31. The number of hydrogen-bond donors (Lipinski definition) is 2. The Morgan fingerprint density at radius 3 is 2.44 bits per heavy atom. The van der Waals surface area contributed by atoms with Gasteiger partial charge in [-0.3, -0.25) is 4.79 Å². The predicted molar refractivity (Wildman–Crippen MR) is 108 cm³/mol. The number of nitrogens with zero attached hydrogens (tertiary/aromatic N) is 1. The minimum atomic E-state index is -3.46. The fourth-order valence-corrected chi connectivity index (χ4v) is 4.82. The summed E-state index contributed by atoms with van der Waals surface area (Å²) in [5.41, 5.74) is 1.82. The fourth-order valence-electron chi connectivity index (χ4n) is 3.12. The molecule has 6 nitrogen and oxygen atoms in total. The van der Waals surface area contributed by atoms with Crippen LogP contribution in [0.3, 0.4) is 0 Å². The summed E-state index contributed by atoms with van der Waals surface area (Å²) in [6.45, 7) is 4.35. The van der Waals surface area contributed by atoms with E-state index >= 15 is 0 Å². The van der Waals surface area contributed by atoms with Gasteiger partial charge in [-0.25, -0.2) is 8.42 Å². The summed E-state index contributed by atoms with van der Waals surface area (Å²) in [6.07, 6.45) is 0. The number of sulfonamides is 1. The van der Waals surface area contributed by atoms with Crippen molar-refractivity contribution in [3.8, 4) is 0 Å². The van der Waals surface area contributed by atoms with Crippen LogP contribution in [0.4, 0.5) is 5.69 Å². The van der Waals surface area contributed by atoms with Crippen molar-refractivity contribution in [2.45, 2.75) is 11.8 Å². The van der Waals surface area contributed by atoms with E-state index in [0.29, 0.717) is 37.6 Å². The van der Waals surface area contributed by atoms with Crippen molar-refractivity contribution in [1.29, 1.82) is 0 Å². The normalized spacial score (nSPS) is 16.2. The molecule has 2 N–H and O–H groups in total. The molecule has 1 aliphatic heterocycles. The molecule has 1 saturated heterocycles. The van der Waals surface area contributed by atoms with Gasteiger partial charge in [-0.1, -0.05) is 34.1 Å². The highest BCUT2D eigenvalue weighted by Crippen LogP contribution is 2.19. The van der Waals surface area contributed by atoms with Crippen molar-refractivity contribution in [2.24, 2.45) is 0 Å². The highest BCUT2D eigenvalue weighted by Gasteiger charge is 2.30. The first-order valence-electron chi connectivity index (χ1n) is 8.81. The molecule has 1 heterocycles. The molecule has 0 aromatic heterocycles. The lowest BCUT2D eigenvalue weighted by Gasteiger charge is -2.31. The molecular weight excluding hydrogens is 430 g/mol. The number of halogens is 1. The third-order valence-electron chi connectivity index (χ3n) is 4.66. The number of aryl methyl sites for hydroxylation is 1. The fraction of sp³-hybridized carbons (Fsp3) is 0.316. The predicted octanol–water partition coefficient (Wildman–Crippen LogP) is 1.29. The lowest BCUT2D eigenvalue weighted by molar-refractivity contribution is -0.895. The third-order valence-corrected chi connectivity index (χ3v) is 7.47. The van der Waals surface area contributed by atoms with Crippen LogP contribution in [-0.4, -0.2) is 51.4 Å². The average Bonchev–Trinajstić information content (AvgIpc) is 2.66. The summed E-state index contributed by atoms with van der Waals surface area (Å²) >= 11 is 3.44. The first-order valence-corrected chi connectivity index (χ1v) is 11.0. The standard InChI is InChI=1S/C19H22BrN3O3S/c1-15-13-16(7-8-18(15)20)21-19(24)14-22-9-11-23(12-10-22)27(25,26)17-5-3-2-4-6-17/h2-8,13H,9-12,14H2,1H3,(H,21,24)/p+1. The van der Waals surface area contributed by atoms with Crippen LogP contribution in [0.25, 0.3) is 0 Å². The van der Waals surface area contributed by atoms with E-state index < -0.39 is 10.0 Å². The molecule has 0 radical (unpaired) electrons. The minimum absolute atomic E-state index is 0.0638. The lowest BCUT2D eigenvalue weighted by Crippen LogP contribution is -3.15. The maximum atomic E-state index is 12.7. The van der Waals surface area contributed by atoms with E-state index in [-0.39, 0.29) is 5.91 Å². The Bertz CT molecular complexity index is 911. The van der Waals surface area contributed by atoms with E-state index in [1.165, 1.54) is 4.31 Å². The van der Waals surface area contributed by atoms with E-state index in [1.54, 1.807) is 30.3 Å². The number of rotatable bonds is 5. The number of benzene rings is 2. The van der Waals surface area contributed by atoms with Gasteiger partial charge in [0.05, 0.1) is 31.1 Å². The van der Waals surface area contributed by atoms with Gasteiger partial charge in [0, 0.05) is 10.2 Å². The summed E-state index contributed by atoms with van der Waals surface area (Å²) in [6, 6.07) is 14.2. The van der Waals surface area contributed by atoms with Crippen LogP contribution in [0.15, 0.2) is 57.9 Å².